The molecule has 0 aliphatic rings. The van der Waals surface area contributed by atoms with Crippen molar-refractivity contribution in [2.75, 3.05) is 6.54 Å². The van der Waals surface area contributed by atoms with Gasteiger partial charge in [-0.1, -0.05) is 6.07 Å². The summed E-state index contributed by atoms with van der Waals surface area (Å²) in [6, 6.07) is 3.19. The van der Waals surface area contributed by atoms with Crippen molar-refractivity contribution in [3.63, 3.8) is 0 Å². The van der Waals surface area contributed by atoms with E-state index in [1.807, 2.05) is 10.8 Å². The second-order valence-corrected chi connectivity index (χ2v) is 4.20. The average molecular weight is 286 g/mol. The molecule has 0 radical (unpaired) electrons. The van der Waals surface area contributed by atoms with Crippen LogP contribution in [0, 0.1) is 0 Å². The van der Waals surface area contributed by atoms with Crippen molar-refractivity contribution < 1.29 is 14.7 Å². The Hall–Kier alpha value is -2.96. The van der Waals surface area contributed by atoms with Gasteiger partial charge < -0.3 is 15.0 Å². The Labute approximate surface area is 121 Å². The molecule has 0 aliphatic heterocycles. The van der Waals surface area contributed by atoms with E-state index in [4.69, 9.17) is 5.11 Å². The summed E-state index contributed by atoms with van der Waals surface area (Å²) in [7, 11) is 0. The fraction of sp³-hybridized carbons (Fsp3) is 0.143. The van der Waals surface area contributed by atoms with Crippen LogP contribution in [0.1, 0.15) is 16.1 Å². The van der Waals surface area contributed by atoms with E-state index in [1.165, 1.54) is 12.3 Å². The second kappa shape index (κ2) is 6.99. The largest absolute Gasteiger partial charge is 0.478 e. The van der Waals surface area contributed by atoms with Crippen LogP contribution in [0.15, 0.2) is 43.1 Å². The number of carboxylic acids is 1. The quantitative estimate of drug-likeness (QED) is 0.766. The van der Waals surface area contributed by atoms with Gasteiger partial charge >= 0.3 is 5.97 Å². The van der Waals surface area contributed by atoms with Gasteiger partial charge in [0.15, 0.2) is 0 Å². The highest BCUT2D eigenvalue weighted by atomic mass is 16.4. The number of carbonyl (C=O) groups is 2. The highest BCUT2D eigenvalue weighted by Gasteiger charge is 2.05. The summed E-state index contributed by atoms with van der Waals surface area (Å²) in [5, 5.41) is 11.3. The number of amides is 1. The van der Waals surface area contributed by atoms with Crippen LogP contribution >= 0.6 is 0 Å². The molecule has 0 saturated carbocycles. The maximum Gasteiger partial charge on any atom is 0.328 e. The van der Waals surface area contributed by atoms with Crippen LogP contribution in [0.2, 0.25) is 0 Å². The first kappa shape index (κ1) is 14.4. The fourth-order valence-corrected chi connectivity index (χ4v) is 1.61. The summed E-state index contributed by atoms with van der Waals surface area (Å²) in [6.07, 6.45) is 9.04. The molecule has 0 spiro atoms. The Morgan fingerprint density at radius 2 is 2.24 bits per heavy atom. The number of imidazole rings is 1. The van der Waals surface area contributed by atoms with Crippen molar-refractivity contribution in [2.24, 2.45) is 0 Å². The zero-order chi connectivity index (χ0) is 15.1. The Bertz CT molecular complexity index is 633. The summed E-state index contributed by atoms with van der Waals surface area (Å²) in [5.74, 6) is -1.31. The number of aromatic nitrogens is 3. The van der Waals surface area contributed by atoms with E-state index in [0.717, 1.165) is 6.08 Å². The Balaban J connectivity index is 1.86. The number of hydrogen-bond acceptors (Lipinski definition) is 4. The normalized spacial score (nSPS) is 10.7. The molecule has 2 rings (SSSR count). The molecule has 1 amide bonds. The van der Waals surface area contributed by atoms with E-state index < -0.39 is 5.97 Å². The smallest absolute Gasteiger partial charge is 0.328 e. The molecule has 2 heterocycles. The molecule has 7 nitrogen and oxygen atoms in total. The van der Waals surface area contributed by atoms with Crippen LogP contribution in [0.3, 0.4) is 0 Å². The minimum absolute atomic E-state index is 0.274. The van der Waals surface area contributed by atoms with Crippen molar-refractivity contribution in [3.05, 3.63) is 54.4 Å². The summed E-state index contributed by atoms with van der Waals surface area (Å²) in [4.78, 5) is 30.1. The van der Waals surface area contributed by atoms with Crippen LogP contribution in [0.25, 0.3) is 6.08 Å². The van der Waals surface area contributed by atoms with Gasteiger partial charge in [0.1, 0.15) is 5.69 Å². The standard InChI is InChI=1S/C14H14N4O3/c19-13(20)4-2-11-1-3-12(17-9-11)14(21)16-6-8-18-7-5-15-10-18/h1-5,7,9-10H,6,8H2,(H,16,21)(H,19,20). The zero-order valence-electron chi connectivity index (χ0n) is 11.1. The van der Waals surface area contributed by atoms with Crippen LogP contribution in [-0.2, 0) is 11.3 Å². The minimum Gasteiger partial charge on any atom is -0.478 e. The van der Waals surface area contributed by atoms with E-state index in [-0.39, 0.29) is 11.6 Å². The maximum atomic E-state index is 11.8. The summed E-state index contributed by atoms with van der Waals surface area (Å²) in [6.45, 7) is 1.10. The third kappa shape index (κ3) is 4.57. The molecule has 0 aliphatic carbocycles. The van der Waals surface area contributed by atoms with Crippen molar-refractivity contribution in [1.29, 1.82) is 0 Å². The van der Waals surface area contributed by atoms with E-state index in [2.05, 4.69) is 15.3 Å². The minimum atomic E-state index is -1.03. The van der Waals surface area contributed by atoms with Crippen molar-refractivity contribution in [1.82, 2.24) is 19.9 Å². The molecular weight excluding hydrogens is 272 g/mol. The number of pyridine rings is 1. The Morgan fingerprint density at radius 1 is 1.38 bits per heavy atom. The van der Waals surface area contributed by atoms with Crippen LogP contribution in [0.4, 0.5) is 0 Å². The predicted octanol–water partition coefficient (Wildman–Crippen LogP) is 0.806. The lowest BCUT2D eigenvalue weighted by molar-refractivity contribution is -0.131. The first-order valence-corrected chi connectivity index (χ1v) is 6.26. The number of aliphatic carboxylic acids is 1. The van der Waals surface area contributed by atoms with Gasteiger partial charge in [-0.05, 0) is 17.7 Å². The second-order valence-electron chi connectivity index (χ2n) is 4.20. The number of nitrogens with zero attached hydrogens (tertiary/aromatic N) is 3. The Kier molecular flexibility index (Phi) is 4.81. The first-order chi connectivity index (χ1) is 10.1. The van der Waals surface area contributed by atoms with E-state index in [1.54, 1.807) is 24.7 Å². The average Bonchev–Trinajstić information content (AvgIpc) is 2.99. The van der Waals surface area contributed by atoms with Gasteiger partial charge in [-0.3, -0.25) is 9.78 Å². The van der Waals surface area contributed by atoms with Crippen molar-refractivity contribution in [3.8, 4) is 0 Å². The Morgan fingerprint density at radius 3 is 2.86 bits per heavy atom. The summed E-state index contributed by atoms with van der Waals surface area (Å²) < 4.78 is 1.85. The molecule has 21 heavy (non-hydrogen) atoms. The molecule has 7 heteroatoms. The first-order valence-electron chi connectivity index (χ1n) is 6.26. The number of nitrogens with one attached hydrogen (secondary N) is 1. The van der Waals surface area contributed by atoms with Gasteiger partial charge in [0.25, 0.3) is 5.91 Å². The highest BCUT2D eigenvalue weighted by Crippen LogP contribution is 2.02. The van der Waals surface area contributed by atoms with E-state index in [0.29, 0.717) is 18.7 Å². The monoisotopic (exact) mass is 286 g/mol. The zero-order valence-corrected chi connectivity index (χ0v) is 11.1. The molecular formula is C14H14N4O3. The third-order valence-corrected chi connectivity index (χ3v) is 2.65. The predicted molar refractivity (Wildman–Crippen MR) is 75.5 cm³/mol. The SMILES string of the molecule is O=C(O)C=Cc1ccc(C(=O)NCCn2ccnc2)nc1. The fourth-order valence-electron chi connectivity index (χ4n) is 1.61. The molecule has 2 aromatic rings. The number of rotatable bonds is 6. The molecule has 0 atom stereocenters. The molecule has 2 N–H and O–H groups in total. The molecule has 0 saturated heterocycles. The number of hydrogen-bond donors (Lipinski definition) is 2. The van der Waals surface area contributed by atoms with Gasteiger partial charge in [-0.2, -0.15) is 0 Å². The number of carbonyl (C=O) groups excluding carboxylic acids is 1. The molecule has 2 aromatic heterocycles. The molecule has 0 aromatic carbocycles. The van der Waals surface area contributed by atoms with Gasteiger partial charge in [0.05, 0.1) is 6.33 Å². The maximum absolute atomic E-state index is 11.8. The van der Waals surface area contributed by atoms with Crippen LogP contribution in [-0.4, -0.2) is 38.1 Å². The number of carboxylic acid groups (broad SMARTS) is 1. The molecule has 0 unspecified atom stereocenters. The molecule has 0 bridgehead atoms. The lowest BCUT2D eigenvalue weighted by atomic mass is 10.2. The lowest BCUT2D eigenvalue weighted by Crippen LogP contribution is -2.27. The topological polar surface area (TPSA) is 97.1 Å². The molecule has 0 fully saturated rings. The van der Waals surface area contributed by atoms with E-state index in [9.17, 15) is 9.59 Å². The van der Waals surface area contributed by atoms with Crippen molar-refractivity contribution >= 4 is 18.0 Å². The summed E-state index contributed by atoms with van der Waals surface area (Å²) >= 11 is 0. The third-order valence-electron chi connectivity index (χ3n) is 2.65. The van der Waals surface area contributed by atoms with Crippen LogP contribution in [0.5, 0.6) is 0 Å². The van der Waals surface area contributed by atoms with Gasteiger partial charge in [-0.25, -0.2) is 9.78 Å². The summed E-state index contributed by atoms with van der Waals surface area (Å²) in [5.41, 5.74) is 0.903. The van der Waals surface area contributed by atoms with Gasteiger partial charge in [0, 0.05) is 37.8 Å². The van der Waals surface area contributed by atoms with Crippen molar-refractivity contribution in [2.45, 2.75) is 6.54 Å². The lowest BCUT2D eigenvalue weighted by Gasteiger charge is -2.05. The van der Waals surface area contributed by atoms with Gasteiger partial charge in [-0.15, -0.1) is 0 Å². The van der Waals surface area contributed by atoms with E-state index >= 15 is 0 Å². The van der Waals surface area contributed by atoms with Gasteiger partial charge in [0.2, 0.25) is 0 Å². The van der Waals surface area contributed by atoms with Crippen LogP contribution < -0.4 is 5.32 Å². The highest BCUT2D eigenvalue weighted by molar-refractivity contribution is 5.92. The molecule has 108 valence electrons.